The van der Waals surface area contributed by atoms with Crippen LogP contribution in [-0.4, -0.2) is 49.2 Å². The van der Waals surface area contributed by atoms with Crippen LogP contribution in [-0.2, 0) is 25.7 Å². The fraction of sp³-hybridized carbons (Fsp3) is 0.320. The molecule has 1 saturated heterocycles. The molecule has 0 radical (unpaired) electrons. The third kappa shape index (κ3) is 4.69. The molecule has 8 heteroatoms. The first-order valence-corrected chi connectivity index (χ1v) is 10.8. The largest absolute Gasteiger partial charge is 0.497 e. The lowest BCUT2D eigenvalue weighted by Crippen LogP contribution is -2.51. The molecule has 0 spiro atoms. The van der Waals surface area contributed by atoms with Crippen molar-refractivity contribution in [2.45, 2.75) is 38.0 Å². The monoisotopic (exact) mass is 450 g/mol. The number of hydrogen-bond acceptors (Lipinski definition) is 6. The number of esters is 1. The molecule has 1 fully saturated rings. The van der Waals surface area contributed by atoms with E-state index in [0.29, 0.717) is 30.6 Å². The number of hydrogen-bond donors (Lipinski definition) is 1. The third-order valence-electron chi connectivity index (χ3n) is 6.04. The number of benzene rings is 2. The van der Waals surface area contributed by atoms with E-state index in [1.807, 2.05) is 42.5 Å². The van der Waals surface area contributed by atoms with Gasteiger partial charge in [0.15, 0.2) is 0 Å². The number of nitrogens with zero attached hydrogens (tertiary/aromatic N) is 1. The average Bonchev–Trinajstić information content (AvgIpc) is 3.29. The Bertz CT molecular complexity index is 1060. The maximum absolute atomic E-state index is 13.5. The molecule has 172 valence electrons. The van der Waals surface area contributed by atoms with Crippen molar-refractivity contribution in [3.8, 4) is 5.75 Å². The van der Waals surface area contributed by atoms with Crippen LogP contribution < -0.4 is 10.1 Å². The van der Waals surface area contributed by atoms with Crippen molar-refractivity contribution in [3.05, 3.63) is 71.4 Å². The molecular weight excluding hydrogens is 424 g/mol. The summed E-state index contributed by atoms with van der Waals surface area (Å²) in [5.74, 6) is -0.183. The SMILES string of the molecule is COC(=O)[C@@H]1CC[C@H]2CC(c3ccc(OC)cc3)=C(NC(=O)OCc3ccccc3)C(=O)N21. The average molecular weight is 450 g/mol. The Morgan fingerprint density at radius 2 is 1.76 bits per heavy atom. The van der Waals surface area contributed by atoms with Crippen LogP contribution in [0.3, 0.4) is 0 Å². The first kappa shape index (κ1) is 22.4. The van der Waals surface area contributed by atoms with Crippen molar-refractivity contribution in [2.75, 3.05) is 14.2 Å². The van der Waals surface area contributed by atoms with Gasteiger partial charge in [-0.15, -0.1) is 0 Å². The molecule has 8 nitrogen and oxygen atoms in total. The van der Waals surface area contributed by atoms with E-state index < -0.39 is 24.0 Å². The zero-order valence-corrected chi connectivity index (χ0v) is 18.6. The Labute approximate surface area is 192 Å². The van der Waals surface area contributed by atoms with Gasteiger partial charge in [0.2, 0.25) is 0 Å². The number of ether oxygens (including phenoxy) is 3. The quantitative estimate of drug-likeness (QED) is 0.679. The minimum atomic E-state index is -0.736. The van der Waals surface area contributed by atoms with Crippen molar-refractivity contribution < 1.29 is 28.6 Å². The molecule has 33 heavy (non-hydrogen) atoms. The topological polar surface area (TPSA) is 94.2 Å². The van der Waals surface area contributed by atoms with E-state index in [1.165, 1.54) is 12.0 Å². The van der Waals surface area contributed by atoms with Gasteiger partial charge in [0, 0.05) is 6.04 Å². The fourth-order valence-corrected chi connectivity index (χ4v) is 4.40. The van der Waals surface area contributed by atoms with Crippen LogP contribution in [0, 0.1) is 0 Å². The lowest BCUT2D eigenvalue weighted by atomic mass is 9.91. The van der Waals surface area contributed by atoms with Crippen LogP contribution in [0.2, 0.25) is 0 Å². The first-order valence-electron chi connectivity index (χ1n) is 10.8. The maximum atomic E-state index is 13.5. The van der Waals surface area contributed by atoms with Gasteiger partial charge < -0.3 is 19.1 Å². The predicted octanol–water partition coefficient (Wildman–Crippen LogP) is 3.27. The summed E-state index contributed by atoms with van der Waals surface area (Å²) in [6.07, 6.45) is 0.960. The summed E-state index contributed by atoms with van der Waals surface area (Å²) in [7, 11) is 2.89. The normalized spacial score (nSPS) is 19.7. The molecule has 0 saturated carbocycles. The summed E-state index contributed by atoms with van der Waals surface area (Å²) in [4.78, 5) is 39.9. The second-order valence-electron chi connectivity index (χ2n) is 7.96. The Hall–Kier alpha value is -3.81. The second kappa shape index (κ2) is 9.77. The van der Waals surface area contributed by atoms with Gasteiger partial charge in [0.1, 0.15) is 24.1 Å². The minimum absolute atomic E-state index is 0.0726. The van der Waals surface area contributed by atoms with Gasteiger partial charge in [0.05, 0.1) is 14.2 Å². The summed E-state index contributed by atoms with van der Waals surface area (Å²) in [6.45, 7) is 0.0726. The number of methoxy groups -OCH3 is 2. The van der Waals surface area contributed by atoms with Crippen LogP contribution >= 0.6 is 0 Å². The zero-order chi connectivity index (χ0) is 23.4. The van der Waals surface area contributed by atoms with Gasteiger partial charge in [0.25, 0.3) is 5.91 Å². The number of rotatable bonds is 6. The Kier molecular flexibility index (Phi) is 6.63. The van der Waals surface area contributed by atoms with Gasteiger partial charge in [-0.25, -0.2) is 9.59 Å². The molecule has 2 aromatic carbocycles. The summed E-state index contributed by atoms with van der Waals surface area (Å²) in [6, 6.07) is 15.8. The first-order chi connectivity index (χ1) is 16.0. The second-order valence-corrected chi connectivity index (χ2v) is 7.96. The fourth-order valence-electron chi connectivity index (χ4n) is 4.40. The smallest absolute Gasteiger partial charge is 0.412 e. The predicted molar refractivity (Wildman–Crippen MR) is 120 cm³/mol. The molecule has 0 aliphatic carbocycles. The number of amides is 2. The van der Waals surface area contributed by atoms with Crippen molar-refractivity contribution in [3.63, 3.8) is 0 Å². The number of carbonyl (C=O) groups excluding carboxylic acids is 3. The van der Waals surface area contributed by atoms with E-state index in [4.69, 9.17) is 14.2 Å². The summed E-state index contributed by atoms with van der Waals surface area (Å²) < 4.78 is 15.5. The molecule has 2 aliphatic heterocycles. The Morgan fingerprint density at radius 1 is 1.03 bits per heavy atom. The molecule has 2 amide bonds. The van der Waals surface area contributed by atoms with Gasteiger partial charge in [-0.05, 0) is 48.1 Å². The highest BCUT2D eigenvalue weighted by molar-refractivity contribution is 6.06. The molecule has 4 rings (SSSR count). The van der Waals surface area contributed by atoms with E-state index in [1.54, 1.807) is 19.2 Å². The van der Waals surface area contributed by atoms with Crippen molar-refractivity contribution >= 4 is 23.5 Å². The molecule has 0 bridgehead atoms. The molecule has 0 unspecified atom stereocenters. The summed E-state index contributed by atoms with van der Waals surface area (Å²) in [5.41, 5.74) is 2.44. The highest BCUT2D eigenvalue weighted by atomic mass is 16.5. The van der Waals surface area contributed by atoms with Gasteiger partial charge in [-0.1, -0.05) is 42.5 Å². The summed E-state index contributed by atoms with van der Waals surface area (Å²) in [5, 5.41) is 2.65. The highest BCUT2D eigenvalue weighted by Gasteiger charge is 2.46. The van der Waals surface area contributed by atoms with Crippen LogP contribution in [0.5, 0.6) is 5.75 Å². The Morgan fingerprint density at radius 3 is 2.42 bits per heavy atom. The van der Waals surface area contributed by atoms with Crippen LogP contribution in [0.15, 0.2) is 60.3 Å². The molecule has 2 aromatic rings. The minimum Gasteiger partial charge on any atom is -0.497 e. The van der Waals surface area contributed by atoms with Crippen molar-refractivity contribution in [1.29, 1.82) is 0 Å². The van der Waals surface area contributed by atoms with Crippen LogP contribution in [0.4, 0.5) is 4.79 Å². The van der Waals surface area contributed by atoms with Crippen molar-refractivity contribution in [1.82, 2.24) is 10.2 Å². The van der Waals surface area contributed by atoms with E-state index in [-0.39, 0.29) is 18.3 Å². The number of nitrogens with one attached hydrogen (secondary N) is 1. The van der Waals surface area contributed by atoms with E-state index in [0.717, 1.165) is 11.1 Å². The van der Waals surface area contributed by atoms with Gasteiger partial charge >= 0.3 is 12.1 Å². The molecule has 2 aliphatic rings. The number of fused-ring (bicyclic) bond motifs is 1. The van der Waals surface area contributed by atoms with Crippen LogP contribution in [0.25, 0.3) is 5.57 Å². The lowest BCUT2D eigenvalue weighted by molar-refractivity contribution is -0.151. The van der Waals surface area contributed by atoms with E-state index >= 15 is 0 Å². The standard InChI is InChI=1S/C25H26N2O6/c1-31-19-11-8-17(9-12-19)20-14-18-10-13-21(24(29)32-2)27(18)23(28)22(20)26-25(30)33-15-16-6-4-3-5-7-16/h3-9,11-12,18,21H,10,13-15H2,1-2H3,(H,26,30)/t18-,21-/m0/s1. The molecule has 0 aromatic heterocycles. The van der Waals surface area contributed by atoms with E-state index in [2.05, 4.69) is 5.32 Å². The van der Waals surface area contributed by atoms with Crippen LogP contribution in [0.1, 0.15) is 30.4 Å². The van der Waals surface area contributed by atoms with Gasteiger partial charge in [-0.3, -0.25) is 10.1 Å². The molecule has 2 atom stereocenters. The maximum Gasteiger partial charge on any atom is 0.412 e. The molecule has 2 heterocycles. The third-order valence-corrected chi connectivity index (χ3v) is 6.04. The number of carbonyl (C=O) groups is 3. The highest BCUT2D eigenvalue weighted by Crippen LogP contribution is 2.39. The zero-order valence-electron chi connectivity index (χ0n) is 18.6. The van der Waals surface area contributed by atoms with Crippen molar-refractivity contribution in [2.24, 2.45) is 0 Å². The Balaban J connectivity index is 1.62. The molecular formula is C25H26N2O6. The van der Waals surface area contributed by atoms with Gasteiger partial charge in [-0.2, -0.15) is 0 Å². The number of alkyl carbamates (subject to hydrolysis) is 1. The van der Waals surface area contributed by atoms with E-state index in [9.17, 15) is 14.4 Å². The molecule has 1 N–H and O–H groups in total. The lowest BCUT2D eigenvalue weighted by Gasteiger charge is -2.35. The summed E-state index contributed by atoms with van der Waals surface area (Å²) >= 11 is 0.